The number of ketones is 1. The summed E-state index contributed by atoms with van der Waals surface area (Å²) in [5, 5.41) is 32.2. The SMILES string of the molecule is CCC[C@H](NC(=O)[C@@H]1C2C(CN1C(=O)[C@H](CC1CC1)NC(=O)[C@H](CCC(=O)C(N)=O)NC(=O)c1cc(C(=O)O)cc([N+](=O)[O-])c1)C2(C)C)C(=O)N1CCC[C@@]1(C)C(=O)NC(C)COc1c(C)cccc1C. The van der Waals surface area contributed by atoms with Crippen LogP contribution in [0.2, 0.25) is 0 Å². The second kappa shape index (κ2) is 21.6. The number of carboxylic acid groups (broad SMARTS) is 1. The highest BCUT2D eigenvalue weighted by Gasteiger charge is 2.70. The number of nitrogens with one attached hydrogen (secondary N) is 4. The average molecular weight is 987 g/mol. The number of piperidine rings is 1. The van der Waals surface area contributed by atoms with Crippen molar-refractivity contribution in [3.8, 4) is 5.75 Å². The molecule has 2 saturated heterocycles. The van der Waals surface area contributed by atoms with Crippen LogP contribution in [0.4, 0.5) is 5.69 Å². The van der Waals surface area contributed by atoms with E-state index < -0.39 is 118 Å². The van der Waals surface area contributed by atoms with Gasteiger partial charge >= 0.3 is 5.97 Å². The molecular weight excluding hydrogens is 921 g/mol. The van der Waals surface area contributed by atoms with E-state index in [2.05, 4.69) is 21.3 Å². The summed E-state index contributed by atoms with van der Waals surface area (Å²) in [5.41, 5.74) is 3.72. The number of ether oxygens (including phenoxy) is 1. The maximum atomic E-state index is 14.8. The lowest BCUT2D eigenvalue weighted by Crippen LogP contribution is -2.62. The first-order valence-corrected chi connectivity index (χ1v) is 24.3. The number of likely N-dealkylation sites (tertiary alicyclic amines) is 2. The van der Waals surface area contributed by atoms with Crippen LogP contribution in [-0.4, -0.2) is 128 Å². The van der Waals surface area contributed by atoms with Gasteiger partial charge in [-0.3, -0.25) is 48.5 Å². The lowest BCUT2D eigenvalue weighted by molar-refractivity contribution is -0.384. The summed E-state index contributed by atoms with van der Waals surface area (Å²) in [4.78, 5) is 135. The molecule has 2 heterocycles. The van der Waals surface area contributed by atoms with Crippen LogP contribution in [0.5, 0.6) is 5.75 Å². The maximum absolute atomic E-state index is 14.8. The normalized spacial score (nSPS) is 22.4. The van der Waals surface area contributed by atoms with Gasteiger partial charge in [-0.05, 0) is 100 Å². The first-order chi connectivity index (χ1) is 33.4. The molecule has 2 aliphatic carbocycles. The predicted molar refractivity (Wildman–Crippen MR) is 255 cm³/mol. The van der Waals surface area contributed by atoms with E-state index in [1.807, 2.05) is 59.7 Å². The molecule has 2 aliphatic heterocycles. The minimum atomic E-state index is -1.63. The van der Waals surface area contributed by atoms with E-state index in [-0.39, 0.29) is 61.6 Å². The van der Waals surface area contributed by atoms with Crippen molar-refractivity contribution in [1.29, 1.82) is 0 Å². The van der Waals surface area contributed by atoms with Crippen LogP contribution in [-0.2, 0) is 33.6 Å². The quantitative estimate of drug-likeness (QED) is 0.0531. The molecule has 7 N–H and O–H groups in total. The zero-order chi connectivity index (χ0) is 52.3. The summed E-state index contributed by atoms with van der Waals surface area (Å²) in [7, 11) is 0. The summed E-state index contributed by atoms with van der Waals surface area (Å²) in [6.45, 7) is 13.9. The van der Waals surface area contributed by atoms with E-state index in [1.165, 1.54) is 9.80 Å². The van der Waals surface area contributed by atoms with E-state index in [1.54, 1.807) is 6.92 Å². The van der Waals surface area contributed by atoms with Gasteiger partial charge in [0.25, 0.3) is 17.5 Å². The Morgan fingerprint density at radius 1 is 0.901 bits per heavy atom. The molecule has 21 heteroatoms. The van der Waals surface area contributed by atoms with Gasteiger partial charge in [0.2, 0.25) is 35.3 Å². The summed E-state index contributed by atoms with van der Waals surface area (Å²) in [6.07, 6.45) is 2.25. The number of hydrogen-bond acceptors (Lipinski definition) is 12. The molecule has 0 aromatic heterocycles. The number of aromatic carboxylic acids is 1. The summed E-state index contributed by atoms with van der Waals surface area (Å²) >= 11 is 0. The number of fused-ring (bicyclic) bond motifs is 1. The highest BCUT2D eigenvalue weighted by Crippen LogP contribution is 2.65. The van der Waals surface area contributed by atoms with Gasteiger partial charge in [0, 0.05) is 37.2 Å². The Balaban J connectivity index is 1.19. The molecule has 8 atom stereocenters. The molecule has 0 radical (unpaired) electrons. The molecular formula is C50H66N8O13. The van der Waals surface area contributed by atoms with E-state index in [9.17, 15) is 58.4 Å². The fourth-order valence-electron chi connectivity index (χ4n) is 10.3. The Labute approximate surface area is 411 Å². The number of amides is 7. The Bertz CT molecular complexity index is 2440. The van der Waals surface area contributed by atoms with Crippen LogP contribution in [0.25, 0.3) is 0 Å². The number of primary amides is 1. The highest BCUT2D eigenvalue weighted by molar-refractivity contribution is 6.35. The summed E-state index contributed by atoms with van der Waals surface area (Å²) in [5.74, 6) is -7.56. The lowest BCUT2D eigenvalue weighted by Gasteiger charge is -2.38. The van der Waals surface area contributed by atoms with Gasteiger partial charge < -0.3 is 46.6 Å². The largest absolute Gasteiger partial charge is 0.491 e. The Morgan fingerprint density at radius 2 is 1.56 bits per heavy atom. The van der Waals surface area contributed by atoms with Gasteiger partial charge in [0.05, 0.1) is 16.5 Å². The second-order valence-corrected chi connectivity index (χ2v) is 20.4. The minimum Gasteiger partial charge on any atom is -0.491 e. The predicted octanol–water partition coefficient (Wildman–Crippen LogP) is 2.86. The number of Topliss-reactive ketones (excluding diaryl/α,β-unsaturated/α-hetero) is 1. The fourth-order valence-corrected chi connectivity index (χ4v) is 10.3. The van der Waals surface area contributed by atoms with Crippen LogP contribution < -0.4 is 31.7 Å². The Morgan fingerprint density at radius 3 is 2.17 bits per heavy atom. The van der Waals surface area contributed by atoms with Crippen LogP contribution in [0.15, 0.2) is 36.4 Å². The van der Waals surface area contributed by atoms with Gasteiger partial charge in [-0.15, -0.1) is 0 Å². The van der Waals surface area contributed by atoms with Crippen molar-refractivity contribution in [3.05, 3.63) is 68.8 Å². The monoisotopic (exact) mass is 986 g/mol. The van der Waals surface area contributed by atoms with Crippen molar-refractivity contribution < 1.29 is 57.9 Å². The van der Waals surface area contributed by atoms with Crippen LogP contribution in [0.1, 0.15) is 124 Å². The lowest BCUT2D eigenvalue weighted by atomic mass is 9.95. The molecule has 4 fully saturated rings. The third-order valence-electron chi connectivity index (χ3n) is 14.7. The number of aryl methyl sites for hydroxylation is 2. The van der Waals surface area contributed by atoms with E-state index >= 15 is 0 Å². The van der Waals surface area contributed by atoms with Crippen molar-refractivity contribution in [2.24, 2.45) is 28.9 Å². The zero-order valence-corrected chi connectivity index (χ0v) is 41.3. The van der Waals surface area contributed by atoms with Crippen molar-refractivity contribution in [2.45, 2.75) is 142 Å². The van der Waals surface area contributed by atoms with Crippen molar-refractivity contribution in [1.82, 2.24) is 31.1 Å². The molecule has 0 spiro atoms. The molecule has 71 heavy (non-hydrogen) atoms. The van der Waals surface area contributed by atoms with E-state index in [0.29, 0.717) is 19.3 Å². The number of carbonyl (C=O) groups excluding carboxylic acids is 8. The molecule has 2 saturated carbocycles. The topological polar surface area (TPSA) is 307 Å². The standard InChI is InChI=1S/C50H66N8O13/c1-8-11-35(46(65)57-19-10-18-50(57,7)48(68)52-28(4)25-71-40-26(2)12-9-13-27(40)3)54-44(63)39-38-33(49(38,5)6)24-56(39)45(64)36(20-29-14-15-29)55-43(62)34(16-17-37(59)41(51)60)53-42(61)30-21-31(47(66)67)23-32(22-30)58(69)70/h9,12-13,21-23,28-29,33-36,38-39H,8,10-11,14-20,24-25H2,1-7H3,(H2,51,60)(H,52,68)(H,53,61)(H,54,63)(H,55,62)(H,66,67)/t28?,33?,34-,35-,36-,38?,39-,50-/m0/s1. The fraction of sp³-hybridized carbons (Fsp3) is 0.580. The number of rotatable bonds is 23. The summed E-state index contributed by atoms with van der Waals surface area (Å²) in [6, 6.07) is 2.91. The Kier molecular flexibility index (Phi) is 16.3. The van der Waals surface area contributed by atoms with Crippen molar-refractivity contribution in [2.75, 3.05) is 19.7 Å². The van der Waals surface area contributed by atoms with E-state index in [4.69, 9.17) is 10.5 Å². The molecule has 0 bridgehead atoms. The first kappa shape index (κ1) is 53.4. The van der Waals surface area contributed by atoms with Gasteiger partial charge in [-0.1, -0.05) is 58.2 Å². The average Bonchev–Trinajstić information content (AvgIpc) is 4.09. The van der Waals surface area contributed by atoms with Gasteiger partial charge in [-0.25, -0.2) is 4.79 Å². The number of nitrogens with two attached hydrogens (primary N) is 1. The third-order valence-corrected chi connectivity index (χ3v) is 14.7. The minimum absolute atomic E-state index is 0.0280. The number of nitro benzene ring substituents is 1. The Hall–Kier alpha value is -6.93. The molecule has 2 aromatic carbocycles. The number of hydrogen-bond donors (Lipinski definition) is 6. The molecule has 7 amide bonds. The number of nitro groups is 1. The molecule has 6 rings (SSSR count). The number of para-hydroxylation sites is 1. The highest BCUT2D eigenvalue weighted by atomic mass is 16.6. The van der Waals surface area contributed by atoms with Crippen LogP contribution in [0.3, 0.4) is 0 Å². The van der Waals surface area contributed by atoms with Crippen LogP contribution in [0, 0.1) is 47.1 Å². The molecule has 2 aromatic rings. The molecule has 3 unspecified atom stereocenters. The van der Waals surface area contributed by atoms with E-state index in [0.717, 1.165) is 47.9 Å². The number of non-ortho nitro benzene ring substituents is 1. The van der Waals surface area contributed by atoms with Gasteiger partial charge in [-0.2, -0.15) is 0 Å². The second-order valence-electron chi connectivity index (χ2n) is 20.4. The molecule has 21 nitrogen and oxygen atoms in total. The van der Waals surface area contributed by atoms with Crippen molar-refractivity contribution in [3.63, 3.8) is 0 Å². The van der Waals surface area contributed by atoms with Gasteiger partial charge in [0.15, 0.2) is 0 Å². The van der Waals surface area contributed by atoms with Gasteiger partial charge in [0.1, 0.15) is 42.1 Å². The number of carbonyl (C=O) groups is 9. The molecule has 384 valence electrons. The van der Waals surface area contributed by atoms with Crippen molar-refractivity contribution >= 4 is 58.8 Å². The zero-order valence-electron chi connectivity index (χ0n) is 41.3. The number of benzene rings is 2. The molecule has 4 aliphatic rings. The number of nitrogens with zero attached hydrogens (tertiary/aromatic N) is 3. The first-order valence-electron chi connectivity index (χ1n) is 24.3. The maximum Gasteiger partial charge on any atom is 0.335 e. The van der Waals surface area contributed by atoms with Crippen LogP contribution >= 0.6 is 0 Å². The summed E-state index contributed by atoms with van der Waals surface area (Å²) < 4.78 is 6.09. The number of carboxylic acids is 1. The third kappa shape index (κ3) is 12.0. The smallest absolute Gasteiger partial charge is 0.335 e.